The number of hydrogen-bond donors (Lipinski definition) is 2. The molecule has 1 saturated heterocycles. The summed E-state index contributed by atoms with van der Waals surface area (Å²) >= 11 is 0. The topological polar surface area (TPSA) is 61.0 Å². The number of aromatic nitrogens is 2. The third-order valence-corrected chi connectivity index (χ3v) is 5.03. The molecule has 0 spiro atoms. The fourth-order valence-electron chi connectivity index (χ4n) is 3.51. The number of nitrogens with one attached hydrogen (secondary N) is 2. The number of aromatic amines is 1. The summed E-state index contributed by atoms with van der Waals surface area (Å²) in [7, 11) is 0. The van der Waals surface area contributed by atoms with Crippen LogP contribution in [-0.2, 0) is 6.54 Å². The van der Waals surface area contributed by atoms with Crippen LogP contribution in [0.3, 0.4) is 0 Å². The van der Waals surface area contributed by atoms with Crippen molar-refractivity contribution >= 4 is 5.91 Å². The van der Waals surface area contributed by atoms with Gasteiger partial charge >= 0.3 is 0 Å². The van der Waals surface area contributed by atoms with Crippen LogP contribution in [0, 0.1) is 0 Å². The van der Waals surface area contributed by atoms with E-state index in [1.165, 1.54) is 18.4 Å². The molecule has 1 atom stereocenters. The van der Waals surface area contributed by atoms with Crippen molar-refractivity contribution in [3.63, 3.8) is 0 Å². The maximum Gasteiger partial charge on any atom is 0.257 e. The van der Waals surface area contributed by atoms with Gasteiger partial charge in [0, 0.05) is 31.6 Å². The minimum atomic E-state index is 0.136. The first kappa shape index (κ1) is 15.4. The maximum atomic E-state index is 12.9. The van der Waals surface area contributed by atoms with E-state index in [0.717, 1.165) is 43.7 Å². The Morgan fingerprint density at radius 2 is 2.08 bits per heavy atom. The molecule has 2 N–H and O–H groups in total. The molecule has 1 amide bonds. The Bertz CT molecular complexity index is 692. The molecular formula is C19H24N4O. The number of piperidine rings is 1. The van der Waals surface area contributed by atoms with E-state index in [0.29, 0.717) is 12.0 Å². The summed E-state index contributed by atoms with van der Waals surface area (Å²) in [5.41, 5.74) is 3.10. The summed E-state index contributed by atoms with van der Waals surface area (Å²) in [5, 5.41) is 10.7. The molecule has 1 saturated carbocycles. The quantitative estimate of drug-likeness (QED) is 0.889. The smallest absolute Gasteiger partial charge is 0.257 e. The van der Waals surface area contributed by atoms with Gasteiger partial charge in [0.25, 0.3) is 5.91 Å². The normalized spacial score (nSPS) is 21.0. The standard InChI is InChI=1S/C19H24N4O/c24-19(17-12-21-22-18(17)15-8-9-15)23-10-4-7-16(13-23)20-11-14-5-2-1-3-6-14/h1-3,5-6,12,15-16,20H,4,7-11,13H2,(H,21,22). The first-order chi connectivity index (χ1) is 11.8. The second kappa shape index (κ2) is 6.77. The number of H-pyrrole nitrogens is 1. The van der Waals surface area contributed by atoms with Crippen LogP contribution >= 0.6 is 0 Å². The number of benzene rings is 1. The molecule has 5 heteroatoms. The van der Waals surface area contributed by atoms with Gasteiger partial charge in [-0.1, -0.05) is 30.3 Å². The summed E-state index contributed by atoms with van der Waals surface area (Å²) in [6, 6.07) is 10.8. The van der Waals surface area contributed by atoms with Crippen molar-refractivity contribution in [3.8, 4) is 0 Å². The third-order valence-electron chi connectivity index (χ3n) is 5.03. The lowest BCUT2D eigenvalue weighted by molar-refractivity contribution is 0.0693. The Morgan fingerprint density at radius 3 is 2.88 bits per heavy atom. The van der Waals surface area contributed by atoms with E-state index in [9.17, 15) is 4.79 Å². The van der Waals surface area contributed by atoms with E-state index in [-0.39, 0.29) is 5.91 Å². The fraction of sp³-hybridized carbons (Fsp3) is 0.474. The monoisotopic (exact) mass is 324 g/mol. The predicted molar refractivity (Wildman–Crippen MR) is 92.8 cm³/mol. The number of hydrogen-bond acceptors (Lipinski definition) is 3. The lowest BCUT2D eigenvalue weighted by Gasteiger charge is -2.33. The number of carbonyl (C=O) groups excluding carboxylic acids is 1. The number of nitrogens with zero attached hydrogens (tertiary/aromatic N) is 2. The molecule has 24 heavy (non-hydrogen) atoms. The molecule has 0 radical (unpaired) electrons. The largest absolute Gasteiger partial charge is 0.337 e. The average Bonchev–Trinajstić information content (AvgIpc) is 3.37. The SMILES string of the molecule is O=C(c1cn[nH]c1C1CC1)N1CCCC(NCc2ccccc2)C1. The van der Waals surface area contributed by atoms with Crippen LogP contribution in [-0.4, -0.2) is 40.1 Å². The highest BCUT2D eigenvalue weighted by molar-refractivity contribution is 5.95. The van der Waals surface area contributed by atoms with Crippen LogP contribution in [0.5, 0.6) is 0 Å². The Balaban J connectivity index is 1.37. The lowest BCUT2D eigenvalue weighted by atomic mass is 10.0. The number of amides is 1. The summed E-state index contributed by atoms with van der Waals surface area (Å²) in [6.45, 7) is 2.48. The molecule has 0 bridgehead atoms. The molecule has 1 aromatic carbocycles. The van der Waals surface area contributed by atoms with E-state index in [1.807, 2.05) is 11.0 Å². The highest BCUT2D eigenvalue weighted by Crippen LogP contribution is 2.40. The lowest BCUT2D eigenvalue weighted by Crippen LogP contribution is -2.47. The summed E-state index contributed by atoms with van der Waals surface area (Å²) < 4.78 is 0. The minimum absolute atomic E-state index is 0.136. The zero-order valence-corrected chi connectivity index (χ0v) is 13.9. The van der Waals surface area contributed by atoms with Crippen molar-refractivity contribution in [1.29, 1.82) is 0 Å². The zero-order valence-electron chi connectivity index (χ0n) is 13.9. The zero-order chi connectivity index (χ0) is 16.4. The molecule has 1 aliphatic carbocycles. The van der Waals surface area contributed by atoms with Gasteiger partial charge in [-0.2, -0.15) is 5.10 Å². The molecule has 2 aliphatic rings. The molecule has 1 unspecified atom stereocenters. The van der Waals surface area contributed by atoms with Crippen molar-refractivity contribution in [2.45, 2.75) is 44.2 Å². The van der Waals surface area contributed by atoms with E-state index >= 15 is 0 Å². The molecule has 2 aromatic rings. The third kappa shape index (κ3) is 3.36. The number of likely N-dealkylation sites (tertiary alicyclic amines) is 1. The van der Waals surface area contributed by atoms with Crippen molar-refractivity contribution in [1.82, 2.24) is 20.4 Å². The Labute approximate surface area is 142 Å². The second-order valence-corrected chi connectivity index (χ2v) is 6.93. The van der Waals surface area contributed by atoms with Gasteiger partial charge in [-0.25, -0.2) is 0 Å². The Hall–Kier alpha value is -2.14. The van der Waals surface area contributed by atoms with Crippen LogP contribution in [0.1, 0.15) is 53.2 Å². The maximum absolute atomic E-state index is 12.9. The van der Waals surface area contributed by atoms with Gasteiger partial charge in [-0.05, 0) is 31.2 Å². The summed E-state index contributed by atoms with van der Waals surface area (Å²) in [6.07, 6.45) is 6.22. The predicted octanol–water partition coefficient (Wildman–Crippen LogP) is 2.68. The van der Waals surface area contributed by atoms with E-state index in [1.54, 1.807) is 6.20 Å². The molecule has 5 nitrogen and oxygen atoms in total. The van der Waals surface area contributed by atoms with Gasteiger partial charge in [0.15, 0.2) is 0 Å². The van der Waals surface area contributed by atoms with Crippen molar-refractivity contribution in [3.05, 3.63) is 53.3 Å². The molecule has 2 fully saturated rings. The molecule has 2 heterocycles. The number of rotatable bonds is 5. The van der Waals surface area contributed by atoms with Crippen LogP contribution in [0.4, 0.5) is 0 Å². The van der Waals surface area contributed by atoms with E-state index in [2.05, 4.69) is 39.8 Å². The van der Waals surface area contributed by atoms with Crippen LogP contribution in [0.2, 0.25) is 0 Å². The number of carbonyl (C=O) groups is 1. The van der Waals surface area contributed by atoms with Crippen LogP contribution < -0.4 is 5.32 Å². The van der Waals surface area contributed by atoms with Crippen molar-refractivity contribution in [2.75, 3.05) is 13.1 Å². The average molecular weight is 324 g/mol. The van der Waals surface area contributed by atoms with Gasteiger partial charge in [0.1, 0.15) is 0 Å². The van der Waals surface area contributed by atoms with Crippen LogP contribution in [0.15, 0.2) is 36.5 Å². The van der Waals surface area contributed by atoms with E-state index < -0.39 is 0 Å². The minimum Gasteiger partial charge on any atom is -0.337 e. The molecule has 4 rings (SSSR count). The van der Waals surface area contributed by atoms with Gasteiger partial charge < -0.3 is 10.2 Å². The molecular weight excluding hydrogens is 300 g/mol. The van der Waals surface area contributed by atoms with E-state index in [4.69, 9.17) is 0 Å². The highest BCUT2D eigenvalue weighted by atomic mass is 16.2. The van der Waals surface area contributed by atoms with Gasteiger partial charge in [-0.3, -0.25) is 9.89 Å². The summed E-state index contributed by atoms with van der Waals surface area (Å²) in [4.78, 5) is 14.9. The van der Waals surface area contributed by atoms with Crippen molar-refractivity contribution < 1.29 is 4.79 Å². The van der Waals surface area contributed by atoms with Gasteiger partial charge in [0.2, 0.25) is 0 Å². The first-order valence-corrected chi connectivity index (χ1v) is 8.91. The summed E-state index contributed by atoms with van der Waals surface area (Å²) in [5.74, 6) is 0.653. The Morgan fingerprint density at radius 1 is 1.25 bits per heavy atom. The molecule has 1 aromatic heterocycles. The molecule has 126 valence electrons. The van der Waals surface area contributed by atoms with Crippen molar-refractivity contribution in [2.24, 2.45) is 0 Å². The highest BCUT2D eigenvalue weighted by Gasteiger charge is 2.32. The first-order valence-electron chi connectivity index (χ1n) is 8.91. The van der Waals surface area contributed by atoms with Gasteiger partial charge in [0.05, 0.1) is 17.5 Å². The molecule has 1 aliphatic heterocycles. The second-order valence-electron chi connectivity index (χ2n) is 6.93. The van der Waals surface area contributed by atoms with Gasteiger partial charge in [-0.15, -0.1) is 0 Å². The Kier molecular flexibility index (Phi) is 4.34. The fourth-order valence-corrected chi connectivity index (χ4v) is 3.51. The van der Waals surface area contributed by atoms with Crippen LogP contribution in [0.25, 0.3) is 0 Å².